The molecule has 0 spiro atoms. The van der Waals surface area contributed by atoms with Gasteiger partial charge in [0.2, 0.25) is 0 Å². The summed E-state index contributed by atoms with van der Waals surface area (Å²) in [7, 11) is -2.72. The van der Waals surface area contributed by atoms with E-state index >= 15 is 0 Å². The Morgan fingerprint density at radius 3 is 2.24 bits per heavy atom. The lowest BCUT2D eigenvalue weighted by Crippen LogP contribution is -2.41. The Labute approximate surface area is 128 Å². The van der Waals surface area contributed by atoms with E-state index in [0.717, 1.165) is 0 Å². The van der Waals surface area contributed by atoms with Crippen molar-refractivity contribution < 1.29 is 22.8 Å². The second-order valence-electron chi connectivity index (χ2n) is 6.87. The summed E-state index contributed by atoms with van der Waals surface area (Å²) in [6, 6.07) is 0. The average Bonchev–Trinajstić information content (AvgIpc) is 2.76. The van der Waals surface area contributed by atoms with Gasteiger partial charge in [0.05, 0.1) is 0 Å². The van der Waals surface area contributed by atoms with Crippen molar-refractivity contribution in [3.8, 4) is 0 Å². The molecule has 0 aromatic carbocycles. The Hall–Kier alpha value is -0.263. The van der Waals surface area contributed by atoms with Crippen LogP contribution in [0.2, 0.25) is 18.1 Å². The van der Waals surface area contributed by atoms with Gasteiger partial charge in [-0.15, -0.1) is 0 Å². The van der Waals surface area contributed by atoms with Crippen LogP contribution in [0.1, 0.15) is 27.2 Å². The zero-order chi connectivity index (χ0) is 16.5. The molecular weight excluding hydrogens is 307 g/mol. The fraction of sp³-hybridized carbons (Fsp3) is 0.786. The van der Waals surface area contributed by atoms with Crippen LogP contribution >= 0.6 is 7.60 Å². The van der Waals surface area contributed by atoms with Crippen LogP contribution < -0.4 is 0 Å². The van der Waals surface area contributed by atoms with Crippen molar-refractivity contribution in [2.24, 2.45) is 5.92 Å². The standard InChI is InChI=1S/C14H27O5PSi/c1-14(2,3)21(6,7)19-10-11-8-12(15)13(9-11)20(16,17-4)18-5/h9,11H,8,10H2,1-7H3. The lowest BCUT2D eigenvalue weighted by Gasteiger charge is -2.36. The highest BCUT2D eigenvalue weighted by Crippen LogP contribution is 2.57. The molecule has 1 aliphatic rings. The molecule has 0 aliphatic heterocycles. The van der Waals surface area contributed by atoms with Crippen LogP contribution in [-0.4, -0.2) is 34.9 Å². The predicted molar refractivity (Wildman–Crippen MR) is 86.0 cm³/mol. The van der Waals surface area contributed by atoms with Crippen LogP contribution in [0.3, 0.4) is 0 Å². The van der Waals surface area contributed by atoms with Crippen molar-refractivity contribution in [3.05, 3.63) is 11.4 Å². The van der Waals surface area contributed by atoms with Gasteiger partial charge in [0.1, 0.15) is 5.31 Å². The molecule has 1 atom stereocenters. The molecule has 5 nitrogen and oxygen atoms in total. The van der Waals surface area contributed by atoms with E-state index in [4.69, 9.17) is 13.5 Å². The molecule has 0 bridgehead atoms. The highest BCUT2D eigenvalue weighted by Gasteiger charge is 2.41. The summed E-state index contributed by atoms with van der Waals surface area (Å²) in [5.74, 6) is -0.230. The number of carbonyl (C=O) groups excluding carboxylic acids is 1. The number of allylic oxidation sites excluding steroid dienone is 1. The third-order valence-electron chi connectivity index (χ3n) is 4.37. The molecule has 0 saturated carbocycles. The molecule has 1 unspecified atom stereocenters. The number of Topliss-reactive ketones (excluding diaryl/α,β-unsaturated/α-hetero) is 1. The molecule has 21 heavy (non-hydrogen) atoms. The normalized spacial score (nSPS) is 20.8. The molecular formula is C14H27O5PSi. The Morgan fingerprint density at radius 1 is 1.29 bits per heavy atom. The van der Waals surface area contributed by atoms with E-state index in [0.29, 0.717) is 13.0 Å². The van der Waals surface area contributed by atoms with Gasteiger partial charge in [-0.05, 0) is 18.1 Å². The minimum absolute atomic E-state index is 0.0553. The van der Waals surface area contributed by atoms with E-state index in [1.807, 2.05) is 0 Å². The number of carbonyl (C=O) groups is 1. The van der Waals surface area contributed by atoms with Crippen molar-refractivity contribution >= 4 is 21.7 Å². The Kier molecular flexibility index (Phi) is 5.78. The van der Waals surface area contributed by atoms with E-state index in [-0.39, 0.29) is 22.1 Å². The second-order valence-corrected chi connectivity index (χ2v) is 13.9. The maximum absolute atomic E-state index is 12.3. The number of ketones is 1. The fourth-order valence-corrected chi connectivity index (χ4v) is 4.27. The second kappa shape index (κ2) is 6.47. The first-order valence-corrected chi connectivity index (χ1v) is 11.5. The number of rotatable bonds is 6. The number of hydrogen-bond acceptors (Lipinski definition) is 5. The van der Waals surface area contributed by atoms with Crippen LogP contribution in [0.15, 0.2) is 11.4 Å². The van der Waals surface area contributed by atoms with Gasteiger partial charge in [-0.3, -0.25) is 9.36 Å². The first kappa shape index (κ1) is 18.8. The molecule has 0 saturated heterocycles. The fourth-order valence-electron chi connectivity index (χ4n) is 1.87. The average molecular weight is 334 g/mol. The lowest BCUT2D eigenvalue weighted by atomic mass is 10.1. The van der Waals surface area contributed by atoms with Gasteiger partial charge in [-0.1, -0.05) is 26.8 Å². The minimum Gasteiger partial charge on any atom is -0.416 e. The molecule has 0 heterocycles. The van der Waals surface area contributed by atoms with Gasteiger partial charge in [0, 0.05) is 33.2 Å². The maximum Gasteiger partial charge on any atom is 0.364 e. The molecule has 0 radical (unpaired) electrons. The number of hydrogen-bond donors (Lipinski definition) is 0. The van der Waals surface area contributed by atoms with E-state index in [2.05, 4.69) is 33.9 Å². The summed E-state index contributed by atoms with van der Waals surface area (Å²) in [6.45, 7) is 11.3. The molecule has 0 fully saturated rings. The Balaban J connectivity index is 2.79. The molecule has 0 amide bonds. The summed E-state index contributed by atoms with van der Waals surface area (Å²) in [6.07, 6.45) is 2.00. The zero-order valence-electron chi connectivity index (χ0n) is 14.1. The van der Waals surface area contributed by atoms with Crippen molar-refractivity contribution in [1.82, 2.24) is 0 Å². The van der Waals surface area contributed by atoms with Crippen LogP contribution in [-0.2, 0) is 22.8 Å². The zero-order valence-corrected chi connectivity index (χ0v) is 16.0. The van der Waals surface area contributed by atoms with E-state index < -0.39 is 15.9 Å². The van der Waals surface area contributed by atoms with Crippen molar-refractivity contribution in [3.63, 3.8) is 0 Å². The lowest BCUT2D eigenvalue weighted by molar-refractivity contribution is -0.115. The van der Waals surface area contributed by atoms with Crippen molar-refractivity contribution in [2.75, 3.05) is 20.8 Å². The molecule has 0 N–H and O–H groups in total. The first-order valence-electron chi connectivity index (χ1n) is 7.08. The van der Waals surface area contributed by atoms with Gasteiger partial charge in [-0.25, -0.2) is 0 Å². The van der Waals surface area contributed by atoms with Crippen LogP contribution in [0, 0.1) is 5.92 Å². The van der Waals surface area contributed by atoms with Gasteiger partial charge >= 0.3 is 7.60 Å². The molecule has 122 valence electrons. The molecule has 1 rings (SSSR count). The van der Waals surface area contributed by atoms with Gasteiger partial charge in [0.15, 0.2) is 14.1 Å². The van der Waals surface area contributed by atoms with Crippen LogP contribution in [0.25, 0.3) is 0 Å². The third-order valence-corrected chi connectivity index (χ3v) is 10.8. The molecule has 0 aromatic heterocycles. The summed E-state index contributed by atoms with van der Waals surface area (Å²) in [4.78, 5) is 12.0. The monoisotopic (exact) mass is 334 g/mol. The molecule has 7 heteroatoms. The van der Waals surface area contributed by atoms with Crippen LogP contribution in [0.4, 0.5) is 0 Å². The van der Waals surface area contributed by atoms with E-state index in [1.54, 1.807) is 6.08 Å². The minimum atomic E-state index is -3.45. The summed E-state index contributed by atoms with van der Waals surface area (Å²) in [5, 5.41) is 0.285. The molecule has 1 aliphatic carbocycles. The summed E-state index contributed by atoms with van der Waals surface area (Å²) in [5.41, 5.74) is 0. The smallest absolute Gasteiger partial charge is 0.364 e. The van der Waals surface area contributed by atoms with E-state index in [9.17, 15) is 9.36 Å². The van der Waals surface area contributed by atoms with E-state index in [1.165, 1.54) is 14.2 Å². The Morgan fingerprint density at radius 2 is 1.81 bits per heavy atom. The third kappa shape index (κ3) is 4.14. The molecule has 0 aromatic rings. The van der Waals surface area contributed by atoms with Gasteiger partial charge in [0.25, 0.3) is 0 Å². The quantitative estimate of drug-likeness (QED) is 0.543. The van der Waals surface area contributed by atoms with Crippen LogP contribution in [0.5, 0.6) is 0 Å². The predicted octanol–water partition coefficient (Wildman–Crippen LogP) is 3.97. The topological polar surface area (TPSA) is 61.8 Å². The van der Waals surface area contributed by atoms with Gasteiger partial charge < -0.3 is 13.5 Å². The SMILES string of the molecule is COP(=O)(OC)C1=CC(CO[Si](C)(C)C(C)(C)C)CC1=O. The first-order chi connectivity index (χ1) is 9.47. The van der Waals surface area contributed by atoms with Crippen molar-refractivity contribution in [2.45, 2.75) is 45.3 Å². The summed E-state index contributed by atoms with van der Waals surface area (Å²) >= 11 is 0. The highest BCUT2D eigenvalue weighted by molar-refractivity contribution is 7.60. The maximum atomic E-state index is 12.3. The summed E-state index contributed by atoms with van der Waals surface area (Å²) < 4.78 is 28.2. The Bertz CT molecular complexity index is 470. The largest absolute Gasteiger partial charge is 0.416 e. The van der Waals surface area contributed by atoms with Gasteiger partial charge in [-0.2, -0.15) is 0 Å². The van der Waals surface area contributed by atoms with Crippen molar-refractivity contribution in [1.29, 1.82) is 0 Å². The highest BCUT2D eigenvalue weighted by atomic mass is 31.2.